The second-order valence-corrected chi connectivity index (χ2v) is 8.99. The molecule has 1 fully saturated rings. The summed E-state index contributed by atoms with van der Waals surface area (Å²) in [4.78, 5) is 15.3. The Balaban J connectivity index is 2.13. The minimum absolute atomic E-state index is 0.0832. The summed E-state index contributed by atoms with van der Waals surface area (Å²) in [6.45, 7) is 13.1. The lowest BCUT2D eigenvalue weighted by Gasteiger charge is -2.41. The smallest absolute Gasteiger partial charge is 0.246 e. The van der Waals surface area contributed by atoms with Crippen LogP contribution in [-0.4, -0.2) is 75.2 Å². The van der Waals surface area contributed by atoms with E-state index in [0.29, 0.717) is 31.7 Å². The van der Waals surface area contributed by atoms with Crippen molar-refractivity contribution in [2.24, 2.45) is 0 Å². The molecule has 30 heavy (non-hydrogen) atoms. The molecule has 0 aromatic carbocycles. The Morgan fingerprint density at radius 2 is 1.90 bits per heavy atom. The second-order valence-electron chi connectivity index (χ2n) is 8.99. The first-order valence-corrected chi connectivity index (χ1v) is 11.0. The number of carbonyl (C=O) groups is 1. The topological polar surface area (TPSA) is 69.3 Å². The third-order valence-corrected chi connectivity index (χ3v) is 6.30. The van der Waals surface area contributed by atoms with E-state index in [0.717, 1.165) is 38.0 Å². The first-order valence-electron chi connectivity index (χ1n) is 11.0. The fraction of sp³-hybridized carbons (Fsp3) is 0.783. The van der Waals surface area contributed by atoms with E-state index < -0.39 is 11.1 Å². The van der Waals surface area contributed by atoms with E-state index >= 15 is 0 Å². The fourth-order valence-electron chi connectivity index (χ4n) is 3.89. The molecule has 1 amide bonds. The average molecular weight is 425 g/mol. The molecule has 1 N–H and O–H groups in total. The van der Waals surface area contributed by atoms with E-state index in [-0.39, 0.29) is 5.91 Å². The van der Waals surface area contributed by atoms with Crippen molar-refractivity contribution in [3.8, 4) is 0 Å². The summed E-state index contributed by atoms with van der Waals surface area (Å²) in [5, 5.41) is 3.01. The van der Waals surface area contributed by atoms with Crippen LogP contribution in [0.1, 0.15) is 53.9 Å². The largest absolute Gasteiger partial charge is 0.474 e. The van der Waals surface area contributed by atoms with Crippen LogP contribution in [-0.2, 0) is 23.7 Å². The molecular formula is C23H40N2O5. The molecule has 0 aromatic heterocycles. The summed E-state index contributed by atoms with van der Waals surface area (Å²) in [6.07, 6.45) is 4.65. The quantitative estimate of drug-likeness (QED) is 0.544. The van der Waals surface area contributed by atoms with E-state index in [1.165, 1.54) is 5.57 Å². The van der Waals surface area contributed by atoms with Gasteiger partial charge in [-0.05, 0) is 65.2 Å². The van der Waals surface area contributed by atoms with Crippen molar-refractivity contribution in [3.05, 3.63) is 23.1 Å². The molecule has 172 valence electrons. The van der Waals surface area contributed by atoms with Gasteiger partial charge in [-0.2, -0.15) is 0 Å². The second kappa shape index (κ2) is 10.8. The zero-order valence-corrected chi connectivity index (χ0v) is 19.8. The van der Waals surface area contributed by atoms with Crippen LogP contribution in [0.5, 0.6) is 0 Å². The van der Waals surface area contributed by atoms with Crippen LogP contribution >= 0.6 is 0 Å². The van der Waals surface area contributed by atoms with E-state index in [1.807, 2.05) is 40.8 Å². The van der Waals surface area contributed by atoms with Crippen LogP contribution in [0.4, 0.5) is 0 Å². The van der Waals surface area contributed by atoms with Gasteiger partial charge in [0, 0.05) is 32.4 Å². The summed E-state index contributed by atoms with van der Waals surface area (Å²) in [5.41, 5.74) is 1.05. The fourth-order valence-corrected chi connectivity index (χ4v) is 3.89. The number of methoxy groups -OCH3 is 1. The maximum atomic E-state index is 13.2. The van der Waals surface area contributed by atoms with Crippen molar-refractivity contribution >= 4 is 5.91 Å². The zero-order chi connectivity index (χ0) is 22.4. The van der Waals surface area contributed by atoms with E-state index in [4.69, 9.17) is 18.9 Å². The minimum atomic E-state index is -0.675. The van der Waals surface area contributed by atoms with E-state index in [1.54, 1.807) is 7.11 Å². The zero-order valence-electron chi connectivity index (χ0n) is 19.8. The molecule has 2 aliphatic rings. The van der Waals surface area contributed by atoms with Crippen LogP contribution in [0, 0.1) is 0 Å². The Hall–Kier alpha value is -1.41. The number of hydrogen-bond acceptors (Lipinski definition) is 6. The molecule has 7 nitrogen and oxygen atoms in total. The SMILES string of the molecule is CCC1=C(C(C)(C)OCCOC)C=C(NC(=O)C(C)(C)N(C)C2CCOCC2)OC1. The molecule has 2 rings (SSSR count). The number of ether oxygens (including phenoxy) is 4. The lowest BCUT2D eigenvalue weighted by Crippen LogP contribution is -2.57. The predicted octanol–water partition coefficient (Wildman–Crippen LogP) is 3.01. The highest BCUT2D eigenvalue weighted by molar-refractivity contribution is 5.86. The standard InChI is InChI=1S/C23H40N2O5/c1-8-17-16-29-20(15-19(17)23(4,5)30-14-13-27-7)24-21(26)22(2,3)25(6)18-9-11-28-12-10-18/h15,18H,8-14,16H2,1-7H3,(H,24,26). The molecule has 0 aromatic rings. The lowest BCUT2D eigenvalue weighted by molar-refractivity contribution is -0.133. The van der Waals surface area contributed by atoms with Gasteiger partial charge in [0.15, 0.2) is 5.88 Å². The van der Waals surface area contributed by atoms with Gasteiger partial charge in [-0.15, -0.1) is 0 Å². The summed E-state index contributed by atoms with van der Waals surface area (Å²) >= 11 is 0. The highest BCUT2D eigenvalue weighted by Gasteiger charge is 2.38. The number of hydrogen-bond donors (Lipinski definition) is 1. The van der Waals surface area contributed by atoms with Gasteiger partial charge < -0.3 is 18.9 Å². The molecule has 0 saturated carbocycles. The predicted molar refractivity (Wildman–Crippen MR) is 117 cm³/mol. The van der Waals surface area contributed by atoms with Gasteiger partial charge >= 0.3 is 0 Å². The van der Waals surface area contributed by atoms with Crippen molar-refractivity contribution in [1.82, 2.24) is 10.2 Å². The number of nitrogens with one attached hydrogen (secondary N) is 1. The van der Waals surface area contributed by atoms with Crippen molar-refractivity contribution in [3.63, 3.8) is 0 Å². The molecule has 7 heteroatoms. The summed E-state index contributed by atoms with van der Waals surface area (Å²) in [6, 6.07) is 0.330. The number of likely N-dealkylation sites (N-methyl/N-ethyl adjacent to an activating group) is 1. The van der Waals surface area contributed by atoms with Gasteiger partial charge in [-0.1, -0.05) is 6.92 Å². The molecule has 0 atom stereocenters. The Kier molecular flexibility index (Phi) is 8.91. The first kappa shape index (κ1) is 24.9. The molecule has 0 unspecified atom stereocenters. The number of carbonyl (C=O) groups excluding carboxylic acids is 1. The summed E-state index contributed by atoms with van der Waals surface area (Å²) in [7, 11) is 3.67. The molecule has 0 bridgehead atoms. The van der Waals surface area contributed by atoms with Crippen molar-refractivity contribution in [2.45, 2.75) is 71.1 Å². The number of amides is 1. The maximum Gasteiger partial charge on any atom is 0.246 e. The van der Waals surface area contributed by atoms with Gasteiger partial charge in [-0.3, -0.25) is 15.0 Å². The van der Waals surface area contributed by atoms with E-state index in [2.05, 4.69) is 17.1 Å². The molecule has 2 aliphatic heterocycles. The Morgan fingerprint density at radius 1 is 1.23 bits per heavy atom. The normalized spacial score (nSPS) is 19.0. The lowest BCUT2D eigenvalue weighted by atomic mass is 9.90. The molecule has 0 spiro atoms. The summed E-state index contributed by atoms with van der Waals surface area (Å²) in [5.74, 6) is 0.393. The molecule has 1 saturated heterocycles. The Bertz CT molecular complexity index is 648. The van der Waals surface area contributed by atoms with Gasteiger partial charge in [0.25, 0.3) is 0 Å². The minimum Gasteiger partial charge on any atom is -0.474 e. The Morgan fingerprint density at radius 3 is 2.50 bits per heavy atom. The van der Waals surface area contributed by atoms with Crippen molar-refractivity contribution in [2.75, 3.05) is 47.2 Å². The van der Waals surface area contributed by atoms with Crippen LogP contribution < -0.4 is 5.32 Å². The number of nitrogens with zero attached hydrogens (tertiary/aromatic N) is 1. The first-order chi connectivity index (χ1) is 14.1. The van der Waals surface area contributed by atoms with Gasteiger partial charge in [0.1, 0.15) is 6.61 Å². The third-order valence-electron chi connectivity index (χ3n) is 6.30. The molecule has 0 radical (unpaired) electrons. The van der Waals surface area contributed by atoms with Crippen molar-refractivity contribution < 1.29 is 23.7 Å². The molecular weight excluding hydrogens is 384 g/mol. The van der Waals surface area contributed by atoms with Crippen molar-refractivity contribution in [1.29, 1.82) is 0 Å². The van der Waals surface area contributed by atoms with Gasteiger partial charge in [0.05, 0.1) is 24.4 Å². The Labute approximate surface area is 181 Å². The molecule has 0 aliphatic carbocycles. The van der Waals surface area contributed by atoms with Gasteiger partial charge in [-0.25, -0.2) is 0 Å². The number of rotatable bonds is 10. The average Bonchev–Trinajstić information content (AvgIpc) is 2.73. The van der Waals surface area contributed by atoms with Crippen LogP contribution in [0.2, 0.25) is 0 Å². The maximum absolute atomic E-state index is 13.2. The van der Waals surface area contributed by atoms with Crippen LogP contribution in [0.25, 0.3) is 0 Å². The van der Waals surface area contributed by atoms with Crippen LogP contribution in [0.15, 0.2) is 23.1 Å². The van der Waals surface area contributed by atoms with Gasteiger partial charge in [0.2, 0.25) is 5.91 Å². The van der Waals surface area contributed by atoms with Crippen LogP contribution in [0.3, 0.4) is 0 Å². The summed E-state index contributed by atoms with van der Waals surface area (Å²) < 4.78 is 22.5. The molecule has 2 heterocycles. The van der Waals surface area contributed by atoms with E-state index in [9.17, 15) is 4.79 Å². The monoisotopic (exact) mass is 424 g/mol. The third kappa shape index (κ3) is 6.06. The highest BCUT2D eigenvalue weighted by atomic mass is 16.5. The highest BCUT2D eigenvalue weighted by Crippen LogP contribution is 2.31.